The van der Waals surface area contributed by atoms with Gasteiger partial charge in [0.2, 0.25) is 0 Å². The molecule has 0 atom stereocenters. The van der Waals surface area contributed by atoms with Gasteiger partial charge in [0.15, 0.2) is 11.6 Å². The fourth-order valence-corrected chi connectivity index (χ4v) is 1.48. The van der Waals surface area contributed by atoms with Crippen LogP contribution in [0.15, 0.2) is 24.3 Å². The lowest BCUT2D eigenvalue weighted by Crippen LogP contribution is -2.12. The van der Waals surface area contributed by atoms with Gasteiger partial charge in [-0.3, -0.25) is 19.2 Å². The maximum atomic E-state index is 11.8. The number of Topliss-reactive ketones (excluding diaryl/α,β-unsaturated/α-hetero) is 2. The third kappa shape index (κ3) is 4.31. The first kappa shape index (κ1) is 15.6. The molecule has 0 radical (unpaired) electrons. The monoisotopic (exact) mass is 278 g/mol. The predicted octanol–water partition coefficient (Wildman–Crippen LogP) is 1.18. The van der Waals surface area contributed by atoms with E-state index in [-0.39, 0.29) is 11.1 Å². The second-order valence-corrected chi connectivity index (χ2v) is 3.93. The van der Waals surface area contributed by atoms with Gasteiger partial charge in [-0.05, 0) is 6.07 Å². The lowest BCUT2D eigenvalue weighted by molar-refractivity contribution is -0.140. The van der Waals surface area contributed by atoms with Crippen molar-refractivity contribution in [1.29, 1.82) is 0 Å². The Bertz CT molecular complexity index is 501. The maximum absolute atomic E-state index is 11.8. The summed E-state index contributed by atoms with van der Waals surface area (Å²) >= 11 is 0. The Morgan fingerprint density at radius 2 is 1.25 bits per heavy atom. The fraction of sp³-hybridized carbons (Fsp3) is 0.286. The SMILES string of the molecule is COC(=O)CC(=O)c1cccc(C(=O)CC(=O)OC)c1. The summed E-state index contributed by atoms with van der Waals surface area (Å²) in [4.78, 5) is 45.6. The Kier molecular flexibility index (Phi) is 5.58. The minimum absolute atomic E-state index is 0.214. The highest BCUT2D eigenvalue weighted by atomic mass is 16.5. The Morgan fingerprint density at radius 3 is 1.60 bits per heavy atom. The number of benzene rings is 1. The van der Waals surface area contributed by atoms with Gasteiger partial charge in [-0.2, -0.15) is 0 Å². The Balaban J connectivity index is 2.85. The number of methoxy groups -OCH3 is 2. The maximum Gasteiger partial charge on any atom is 0.313 e. The van der Waals surface area contributed by atoms with E-state index in [0.717, 1.165) is 0 Å². The van der Waals surface area contributed by atoms with Gasteiger partial charge in [0, 0.05) is 11.1 Å². The minimum atomic E-state index is -0.652. The fourth-order valence-electron chi connectivity index (χ4n) is 1.48. The molecule has 0 aliphatic rings. The summed E-state index contributed by atoms with van der Waals surface area (Å²) in [5, 5.41) is 0. The Hall–Kier alpha value is -2.50. The molecule has 20 heavy (non-hydrogen) atoms. The number of ketones is 2. The van der Waals surface area contributed by atoms with Gasteiger partial charge < -0.3 is 9.47 Å². The van der Waals surface area contributed by atoms with Crippen LogP contribution in [0.1, 0.15) is 33.6 Å². The number of ether oxygens (including phenoxy) is 2. The molecule has 0 amide bonds. The highest BCUT2D eigenvalue weighted by molar-refractivity contribution is 6.09. The number of esters is 2. The normalized spacial score (nSPS) is 9.70. The van der Waals surface area contributed by atoms with Gasteiger partial charge in [-0.1, -0.05) is 18.2 Å². The van der Waals surface area contributed by atoms with E-state index in [2.05, 4.69) is 9.47 Å². The largest absolute Gasteiger partial charge is 0.469 e. The van der Waals surface area contributed by atoms with E-state index in [4.69, 9.17) is 0 Å². The lowest BCUT2D eigenvalue weighted by atomic mass is 10.0. The molecule has 0 saturated carbocycles. The van der Waals surface area contributed by atoms with Crippen molar-refractivity contribution in [3.8, 4) is 0 Å². The van der Waals surface area contributed by atoms with E-state index < -0.39 is 36.3 Å². The van der Waals surface area contributed by atoms with Crippen LogP contribution >= 0.6 is 0 Å². The second-order valence-electron chi connectivity index (χ2n) is 3.93. The molecular formula is C14H14O6. The van der Waals surface area contributed by atoms with Gasteiger partial charge in [0.25, 0.3) is 0 Å². The highest BCUT2D eigenvalue weighted by Gasteiger charge is 2.16. The summed E-state index contributed by atoms with van der Waals surface area (Å²) in [6.07, 6.45) is -0.795. The molecule has 0 saturated heterocycles. The van der Waals surface area contributed by atoms with Crippen molar-refractivity contribution in [3.05, 3.63) is 35.4 Å². The highest BCUT2D eigenvalue weighted by Crippen LogP contribution is 2.11. The summed E-state index contributed by atoms with van der Waals surface area (Å²) in [6, 6.07) is 5.83. The van der Waals surface area contributed by atoms with E-state index in [9.17, 15) is 19.2 Å². The number of hydrogen-bond donors (Lipinski definition) is 0. The summed E-state index contributed by atoms with van der Waals surface area (Å²) in [7, 11) is 2.37. The van der Waals surface area contributed by atoms with Gasteiger partial charge in [0.05, 0.1) is 14.2 Å². The lowest BCUT2D eigenvalue weighted by Gasteiger charge is -2.03. The Labute approximate surface area is 115 Å². The van der Waals surface area contributed by atoms with Gasteiger partial charge in [0.1, 0.15) is 12.8 Å². The number of hydrogen-bond acceptors (Lipinski definition) is 6. The molecule has 6 nitrogen and oxygen atoms in total. The smallest absolute Gasteiger partial charge is 0.313 e. The van der Waals surface area contributed by atoms with Crippen LogP contribution in [0.5, 0.6) is 0 Å². The molecule has 6 heteroatoms. The van der Waals surface area contributed by atoms with Crippen molar-refractivity contribution >= 4 is 23.5 Å². The zero-order chi connectivity index (χ0) is 15.1. The third-order valence-corrected chi connectivity index (χ3v) is 2.57. The van der Waals surface area contributed by atoms with Crippen LogP contribution < -0.4 is 0 Å². The summed E-state index contributed by atoms with van der Waals surface area (Å²) in [6.45, 7) is 0. The average Bonchev–Trinajstić information content (AvgIpc) is 2.46. The first-order valence-corrected chi connectivity index (χ1v) is 5.78. The van der Waals surface area contributed by atoms with E-state index >= 15 is 0 Å². The molecule has 0 N–H and O–H groups in total. The van der Waals surface area contributed by atoms with Gasteiger partial charge in [-0.15, -0.1) is 0 Å². The predicted molar refractivity (Wildman–Crippen MR) is 68.4 cm³/mol. The quantitative estimate of drug-likeness (QED) is 0.441. The molecule has 106 valence electrons. The van der Waals surface area contributed by atoms with Crippen molar-refractivity contribution < 1.29 is 28.7 Å². The van der Waals surface area contributed by atoms with Gasteiger partial charge in [-0.25, -0.2) is 0 Å². The van der Waals surface area contributed by atoms with E-state index in [0.29, 0.717) is 0 Å². The van der Waals surface area contributed by atoms with Crippen LogP contribution in [-0.4, -0.2) is 37.7 Å². The van der Waals surface area contributed by atoms with Crippen LogP contribution in [-0.2, 0) is 19.1 Å². The molecule has 0 bridgehead atoms. The Morgan fingerprint density at radius 1 is 0.850 bits per heavy atom. The first-order chi connectivity index (χ1) is 9.47. The van der Waals surface area contributed by atoms with Gasteiger partial charge >= 0.3 is 11.9 Å². The summed E-state index contributed by atoms with van der Waals surface area (Å²) in [5.74, 6) is -2.21. The number of carbonyl (C=O) groups is 4. The molecular weight excluding hydrogens is 264 g/mol. The van der Waals surface area contributed by atoms with Crippen molar-refractivity contribution in [1.82, 2.24) is 0 Å². The summed E-state index contributed by atoms with van der Waals surface area (Å²) in [5.41, 5.74) is 0.428. The van der Waals surface area contributed by atoms with Crippen LogP contribution in [0.3, 0.4) is 0 Å². The van der Waals surface area contributed by atoms with Crippen LogP contribution in [0.4, 0.5) is 0 Å². The van der Waals surface area contributed by atoms with Crippen LogP contribution in [0, 0.1) is 0 Å². The van der Waals surface area contributed by atoms with Crippen molar-refractivity contribution in [2.45, 2.75) is 12.8 Å². The summed E-state index contributed by atoms with van der Waals surface area (Å²) < 4.78 is 8.80. The van der Waals surface area contributed by atoms with E-state index in [1.165, 1.54) is 38.5 Å². The molecule has 1 aromatic rings. The first-order valence-electron chi connectivity index (χ1n) is 5.78. The molecule has 0 aliphatic carbocycles. The molecule has 1 aromatic carbocycles. The minimum Gasteiger partial charge on any atom is -0.469 e. The number of carbonyl (C=O) groups excluding carboxylic acids is 4. The van der Waals surface area contributed by atoms with Crippen molar-refractivity contribution in [3.63, 3.8) is 0 Å². The zero-order valence-electron chi connectivity index (χ0n) is 11.2. The number of rotatable bonds is 6. The van der Waals surface area contributed by atoms with E-state index in [1.54, 1.807) is 0 Å². The third-order valence-electron chi connectivity index (χ3n) is 2.57. The van der Waals surface area contributed by atoms with Crippen LogP contribution in [0.25, 0.3) is 0 Å². The molecule has 0 heterocycles. The van der Waals surface area contributed by atoms with Crippen molar-refractivity contribution in [2.24, 2.45) is 0 Å². The molecule has 1 rings (SSSR count). The van der Waals surface area contributed by atoms with Crippen LogP contribution in [0.2, 0.25) is 0 Å². The van der Waals surface area contributed by atoms with E-state index in [1.807, 2.05) is 0 Å². The van der Waals surface area contributed by atoms with Crippen molar-refractivity contribution in [2.75, 3.05) is 14.2 Å². The molecule has 0 aliphatic heterocycles. The standard InChI is InChI=1S/C14H14O6/c1-19-13(17)7-11(15)9-4-3-5-10(6-9)12(16)8-14(18)20-2/h3-6H,7-8H2,1-2H3. The zero-order valence-corrected chi connectivity index (χ0v) is 11.2. The molecule has 0 fully saturated rings. The molecule has 0 aromatic heterocycles. The topological polar surface area (TPSA) is 86.7 Å². The molecule has 0 unspecified atom stereocenters. The average molecular weight is 278 g/mol. The second kappa shape index (κ2) is 7.18. The molecule has 0 spiro atoms.